The van der Waals surface area contributed by atoms with Gasteiger partial charge >= 0.3 is 0 Å². The minimum atomic E-state index is 0.718. The fraction of sp³-hybridized carbons (Fsp3) is 0.697. The van der Waals surface area contributed by atoms with Gasteiger partial charge in [0.25, 0.3) is 0 Å². The molecule has 0 amide bonds. The van der Waals surface area contributed by atoms with Crippen molar-refractivity contribution in [3.8, 4) is 17.0 Å². The monoisotopic (exact) mass is 492 g/mol. The van der Waals surface area contributed by atoms with E-state index >= 15 is 0 Å². The van der Waals surface area contributed by atoms with Gasteiger partial charge in [-0.25, -0.2) is 0 Å². The third kappa shape index (κ3) is 11.0. The summed E-state index contributed by atoms with van der Waals surface area (Å²) in [5.41, 5.74) is 3.16. The Hall–Kier alpha value is -1.90. The molecule has 0 N–H and O–H groups in total. The Morgan fingerprint density at radius 1 is 0.667 bits per heavy atom. The first-order chi connectivity index (χ1) is 17.8. The molecule has 0 saturated heterocycles. The van der Waals surface area contributed by atoms with E-state index in [9.17, 15) is 0 Å². The third-order valence-corrected chi connectivity index (χ3v) is 8.06. The van der Waals surface area contributed by atoms with E-state index in [0.29, 0.717) is 0 Å². The number of ether oxygens (including phenoxy) is 1. The molecule has 1 aromatic heterocycles. The summed E-state index contributed by atoms with van der Waals surface area (Å²) in [6.07, 6.45) is 28.2. The van der Waals surface area contributed by atoms with Gasteiger partial charge in [-0.1, -0.05) is 104 Å². The van der Waals surface area contributed by atoms with Gasteiger partial charge in [-0.05, 0) is 61.8 Å². The van der Waals surface area contributed by atoms with E-state index in [1.807, 2.05) is 12.4 Å². The van der Waals surface area contributed by atoms with Crippen LogP contribution in [0.1, 0.15) is 129 Å². The van der Waals surface area contributed by atoms with Crippen LogP contribution in [0, 0.1) is 11.8 Å². The molecule has 36 heavy (non-hydrogen) atoms. The van der Waals surface area contributed by atoms with Crippen molar-refractivity contribution >= 4 is 0 Å². The van der Waals surface area contributed by atoms with Crippen LogP contribution in [0.15, 0.2) is 36.7 Å². The number of aromatic nitrogens is 2. The fourth-order valence-corrected chi connectivity index (χ4v) is 5.56. The molecule has 0 spiro atoms. The van der Waals surface area contributed by atoms with Crippen LogP contribution in [0.2, 0.25) is 0 Å². The topological polar surface area (TPSA) is 35.0 Å². The quantitative estimate of drug-likeness (QED) is 0.194. The molecule has 0 bridgehead atoms. The van der Waals surface area contributed by atoms with Crippen LogP contribution in [0.5, 0.6) is 5.75 Å². The minimum absolute atomic E-state index is 0.718. The van der Waals surface area contributed by atoms with Gasteiger partial charge in [0.2, 0.25) is 0 Å². The van der Waals surface area contributed by atoms with Crippen molar-refractivity contribution in [2.75, 3.05) is 6.61 Å². The molecule has 0 atom stereocenters. The second-order valence-corrected chi connectivity index (χ2v) is 11.2. The zero-order valence-electron chi connectivity index (χ0n) is 23.4. The largest absolute Gasteiger partial charge is 0.493 e. The number of hydrogen-bond donors (Lipinski definition) is 0. The molecule has 1 aliphatic rings. The van der Waals surface area contributed by atoms with Crippen molar-refractivity contribution in [2.45, 2.75) is 129 Å². The van der Waals surface area contributed by atoms with Gasteiger partial charge in [-0.3, -0.25) is 9.97 Å². The normalized spacial score (nSPS) is 17.8. The molecule has 200 valence electrons. The average molecular weight is 493 g/mol. The van der Waals surface area contributed by atoms with Crippen LogP contribution in [0.25, 0.3) is 11.3 Å². The van der Waals surface area contributed by atoms with Gasteiger partial charge < -0.3 is 4.74 Å². The standard InChI is InChI=1S/C33H52N2O/c1-3-5-7-9-10-12-14-16-31-25-35-33(26-34-31)30-21-23-32(24-22-30)36-27-29-19-17-28(18-20-29)15-13-11-8-6-4-2/h21-26,28-29H,3-20,27H2,1-2H3/t28-,29-. The minimum Gasteiger partial charge on any atom is -0.493 e. The molecule has 3 nitrogen and oxygen atoms in total. The first-order valence-electron chi connectivity index (χ1n) is 15.3. The Kier molecular flexibility index (Phi) is 14.0. The van der Waals surface area contributed by atoms with Crippen molar-refractivity contribution in [3.05, 3.63) is 42.4 Å². The lowest BCUT2D eigenvalue weighted by molar-refractivity contribution is 0.177. The first-order valence-corrected chi connectivity index (χ1v) is 15.3. The number of aryl methyl sites for hydroxylation is 1. The molecular formula is C33H52N2O. The third-order valence-electron chi connectivity index (χ3n) is 8.06. The Bertz CT molecular complexity index is 793. The summed E-state index contributed by atoms with van der Waals surface area (Å²) in [4.78, 5) is 9.34. The summed E-state index contributed by atoms with van der Waals surface area (Å²) in [6.45, 7) is 5.42. The van der Waals surface area contributed by atoms with Crippen molar-refractivity contribution in [1.29, 1.82) is 0 Å². The van der Waals surface area contributed by atoms with Gasteiger partial charge in [0.1, 0.15) is 5.75 Å². The number of benzene rings is 1. The van der Waals surface area contributed by atoms with Gasteiger partial charge in [0, 0.05) is 11.8 Å². The fourth-order valence-electron chi connectivity index (χ4n) is 5.56. The van der Waals surface area contributed by atoms with Crippen LogP contribution in [-0.4, -0.2) is 16.6 Å². The summed E-state index contributed by atoms with van der Waals surface area (Å²) in [5, 5.41) is 0. The Morgan fingerprint density at radius 3 is 1.92 bits per heavy atom. The van der Waals surface area contributed by atoms with E-state index in [0.717, 1.165) is 47.6 Å². The summed E-state index contributed by atoms with van der Waals surface area (Å²) < 4.78 is 6.17. The lowest BCUT2D eigenvalue weighted by Gasteiger charge is -2.28. The number of rotatable bonds is 18. The predicted molar refractivity (Wildman–Crippen MR) is 153 cm³/mol. The maximum absolute atomic E-state index is 6.17. The van der Waals surface area contributed by atoms with Gasteiger partial charge in [0.05, 0.1) is 24.2 Å². The molecule has 0 aliphatic heterocycles. The zero-order valence-corrected chi connectivity index (χ0v) is 23.4. The smallest absolute Gasteiger partial charge is 0.119 e. The molecule has 0 radical (unpaired) electrons. The molecular weight excluding hydrogens is 440 g/mol. The van der Waals surface area contributed by atoms with E-state index in [1.54, 1.807) is 0 Å². The molecule has 2 aromatic rings. The predicted octanol–water partition coefficient (Wildman–Crippen LogP) is 9.98. The number of unbranched alkanes of at least 4 members (excludes halogenated alkanes) is 10. The summed E-state index contributed by atoms with van der Waals surface area (Å²) in [7, 11) is 0. The van der Waals surface area contributed by atoms with Crippen molar-refractivity contribution in [1.82, 2.24) is 9.97 Å². The number of hydrogen-bond acceptors (Lipinski definition) is 3. The highest BCUT2D eigenvalue weighted by Gasteiger charge is 2.21. The van der Waals surface area contributed by atoms with Gasteiger partial charge in [-0.2, -0.15) is 0 Å². The zero-order chi connectivity index (χ0) is 25.3. The summed E-state index contributed by atoms with van der Waals surface area (Å²) >= 11 is 0. The van der Waals surface area contributed by atoms with E-state index in [2.05, 4.69) is 48.1 Å². The number of nitrogens with zero attached hydrogens (tertiary/aromatic N) is 2. The van der Waals surface area contributed by atoms with Gasteiger partial charge in [0.15, 0.2) is 0 Å². The molecule has 0 unspecified atom stereocenters. The Labute approximate surface area is 221 Å². The maximum Gasteiger partial charge on any atom is 0.119 e. The van der Waals surface area contributed by atoms with E-state index < -0.39 is 0 Å². The highest BCUT2D eigenvalue weighted by molar-refractivity contribution is 5.58. The second kappa shape index (κ2) is 17.5. The summed E-state index contributed by atoms with van der Waals surface area (Å²) in [6, 6.07) is 8.41. The molecule has 1 aliphatic carbocycles. The SMILES string of the molecule is CCCCCCCCCc1cnc(-c2ccc(OC[C@H]3CC[C@H](CCCCCCC)CC3)cc2)cn1. The maximum atomic E-state index is 6.17. The molecule has 3 heteroatoms. The molecule has 1 saturated carbocycles. The molecule has 3 rings (SSSR count). The highest BCUT2D eigenvalue weighted by Crippen LogP contribution is 2.32. The van der Waals surface area contributed by atoms with Crippen LogP contribution in [0.3, 0.4) is 0 Å². The highest BCUT2D eigenvalue weighted by atomic mass is 16.5. The van der Waals surface area contributed by atoms with Gasteiger partial charge in [-0.15, -0.1) is 0 Å². The molecule has 1 heterocycles. The molecule has 1 aromatic carbocycles. The summed E-state index contributed by atoms with van der Waals surface area (Å²) in [5.74, 6) is 2.65. The van der Waals surface area contributed by atoms with Crippen molar-refractivity contribution in [2.24, 2.45) is 11.8 Å². The lowest BCUT2D eigenvalue weighted by Crippen LogP contribution is -2.20. The second-order valence-electron chi connectivity index (χ2n) is 11.2. The Morgan fingerprint density at radius 2 is 1.28 bits per heavy atom. The Balaban J connectivity index is 1.31. The van der Waals surface area contributed by atoms with E-state index in [4.69, 9.17) is 4.74 Å². The van der Waals surface area contributed by atoms with Crippen molar-refractivity contribution < 1.29 is 4.74 Å². The first kappa shape index (κ1) is 28.7. The van der Waals surface area contributed by atoms with Crippen LogP contribution < -0.4 is 4.74 Å². The molecule has 1 fully saturated rings. The van der Waals surface area contributed by atoms with Crippen LogP contribution in [0.4, 0.5) is 0 Å². The average Bonchev–Trinajstić information content (AvgIpc) is 2.93. The van der Waals surface area contributed by atoms with Crippen LogP contribution >= 0.6 is 0 Å². The lowest BCUT2D eigenvalue weighted by atomic mass is 9.80. The van der Waals surface area contributed by atoms with Crippen LogP contribution in [-0.2, 0) is 6.42 Å². The van der Waals surface area contributed by atoms with Crippen molar-refractivity contribution in [3.63, 3.8) is 0 Å². The van der Waals surface area contributed by atoms with E-state index in [1.165, 1.54) is 109 Å². The van der Waals surface area contributed by atoms with E-state index in [-0.39, 0.29) is 0 Å².